The van der Waals surface area contributed by atoms with Crippen molar-refractivity contribution in [3.8, 4) is 0 Å². The minimum Gasteiger partial charge on any atom is -0.469 e. The van der Waals surface area contributed by atoms with Crippen molar-refractivity contribution in [1.29, 1.82) is 0 Å². The van der Waals surface area contributed by atoms with E-state index in [2.05, 4.69) is 31.0 Å². The fourth-order valence-corrected chi connectivity index (χ4v) is 1.77. The summed E-state index contributed by atoms with van der Waals surface area (Å²) < 4.78 is 5.00. The number of carbonyl (C=O) groups is 1. The van der Waals surface area contributed by atoms with Crippen molar-refractivity contribution in [2.24, 2.45) is 0 Å². The zero-order chi connectivity index (χ0) is 13.7. The minimum atomic E-state index is -0.537. The Kier molecular flexibility index (Phi) is 5.02. The Morgan fingerprint density at radius 2 is 2.33 bits per heavy atom. The average Bonchev–Trinajstić information content (AvgIpc) is 2.31. The largest absolute Gasteiger partial charge is 0.469 e. The summed E-state index contributed by atoms with van der Waals surface area (Å²) in [6.07, 6.45) is 2.71. The van der Waals surface area contributed by atoms with E-state index in [1.807, 2.05) is 0 Å². The molecule has 1 heterocycles. The van der Waals surface area contributed by atoms with Crippen LogP contribution < -0.4 is 5.32 Å². The maximum atomic E-state index is 11.1. The molecule has 0 aliphatic carbocycles. The van der Waals surface area contributed by atoms with Gasteiger partial charge in [0.05, 0.1) is 22.9 Å². The highest BCUT2D eigenvalue weighted by atomic mass is 79.9. The molecule has 1 aromatic rings. The number of hydrogen-bond donors (Lipinski definition) is 1. The first-order chi connectivity index (χ1) is 8.45. The Labute approximate surface area is 112 Å². The summed E-state index contributed by atoms with van der Waals surface area (Å²) in [7, 11) is 1.29. The van der Waals surface area contributed by atoms with Crippen LogP contribution in [-0.4, -0.2) is 29.0 Å². The van der Waals surface area contributed by atoms with Crippen molar-refractivity contribution in [3.63, 3.8) is 0 Å². The number of carbonyl (C=O) groups excluding carboxylic acids is 1. The van der Waals surface area contributed by atoms with Crippen LogP contribution in [0.5, 0.6) is 0 Å². The zero-order valence-corrected chi connectivity index (χ0v) is 11.4. The number of nitrogens with one attached hydrogen (secondary N) is 1. The van der Waals surface area contributed by atoms with Gasteiger partial charge in [-0.3, -0.25) is 19.9 Å². The lowest BCUT2D eigenvalue weighted by Gasteiger charge is -2.14. The average molecular weight is 318 g/mol. The number of hydrogen-bond acceptors (Lipinski definition) is 6. The molecule has 0 aliphatic rings. The van der Waals surface area contributed by atoms with Crippen LogP contribution in [0.4, 0.5) is 11.4 Å². The first kappa shape index (κ1) is 14.4. The molecule has 0 amide bonds. The molecule has 0 radical (unpaired) electrons. The van der Waals surface area contributed by atoms with E-state index < -0.39 is 4.92 Å². The van der Waals surface area contributed by atoms with E-state index in [1.165, 1.54) is 13.3 Å². The minimum absolute atomic E-state index is 0.114. The summed E-state index contributed by atoms with van der Waals surface area (Å²) in [5.41, 5.74) is 0.146. The summed E-state index contributed by atoms with van der Waals surface area (Å²) in [6.45, 7) is 1.73. The predicted molar refractivity (Wildman–Crippen MR) is 68.3 cm³/mol. The van der Waals surface area contributed by atoms with Gasteiger partial charge >= 0.3 is 11.7 Å². The van der Waals surface area contributed by atoms with E-state index in [-0.39, 0.29) is 24.1 Å². The summed E-state index contributed by atoms with van der Waals surface area (Å²) in [5, 5.41) is 13.7. The Morgan fingerprint density at radius 1 is 1.67 bits per heavy atom. The number of nitro groups is 1. The standard InChI is InChI=1S/C10H12BrN3O4/c1-6(3-9(15)18-2)13-10-7(11)4-12-5-8(10)14(16)17/h4-6H,3H2,1-2H3,(H,12,13). The van der Waals surface area contributed by atoms with E-state index in [1.54, 1.807) is 6.92 Å². The maximum Gasteiger partial charge on any atom is 0.311 e. The van der Waals surface area contributed by atoms with Gasteiger partial charge in [-0.25, -0.2) is 0 Å². The Morgan fingerprint density at radius 3 is 2.89 bits per heavy atom. The first-order valence-corrected chi connectivity index (χ1v) is 5.86. The molecule has 98 valence electrons. The normalized spacial score (nSPS) is 11.7. The smallest absolute Gasteiger partial charge is 0.311 e. The molecule has 0 aliphatic heterocycles. The number of rotatable bonds is 5. The van der Waals surface area contributed by atoms with Gasteiger partial charge in [0.2, 0.25) is 0 Å². The predicted octanol–water partition coefficient (Wildman–Crippen LogP) is 2.12. The Bertz CT molecular complexity index is 466. The second-order valence-corrected chi connectivity index (χ2v) is 4.45. The van der Waals surface area contributed by atoms with Crippen LogP contribution in [0.3, 0.4) is 0 Å². The topological polar surface area (TPSA) is 94.4 Å². The number of methoxy groups -OCH3 is 1. The van der Waals surface area contributed by atoms with Gasteiger partial charge in [0.25, 0.3) is 0 Å². The van der Waals surface area contributed by atoms with Crippen molar-refractivity contribution in [2.45, 2.75) is 19.4 Å². The molecule has 18 heavy (non-hydrogen) atoms. The SMILES string of the molecule is COC(=O)CC(C)Nc1c(Br)cncc1[N+](=O)[O-]. The van der Waals surface area contributed by atoms with Gasteiger partial charge in [0, 0.05) is 12.2 Å². The number of pyridine rings is 1. The highest BCUT2D eigenvalue weighted by Crippen LogP contribution is 2.31. The number of ether oxygens (including phenoxy) is 1. The highest BCUT2D eigenvalue weighted by molar-refractivity contribution is 9.10. The molecule has 7 nitrogen and oxygen atoms in total. The second-order valence-electron chi connectivity index (χ2n) is 3.60. The second kappa shape index (κ2) is 6.29. The van der Waals surface area contributed by atoms with Gasteiger partial charge in [-0.15, -0.1) is 0 Å². The number of nitrogens with zero attached hydrogens (tertiary/aromatic N) is 2. The summed E-state index contributed by atoms with van der Waals surface area (Å²) in [5.74, 6) is -0.386. The van der Waals surface area contributed by atoms with E-state index in [0.29, 0.717) is 10.2 Å². The number of halogens is 1. The van der Waals surface area contributed by atoms with Crippen LogP contribution in [0.15, 0.2) is 16.9 Å². The Hall–Kier alpha value is -1.70. The van der Waals surface area contributed by atoms with Crippen LogP contribution in [0.1, 0.15) is 13.3 Å². The zero-order valence-electron chi connectivity index (χ0n) is 9.84. The molecule has 0 aromatic carbocycles. The van der Waals surface area contributed by atoms with E-state index in [4.69, 9.17) is 0 Å². The summed E-state index contributed by atoms with van der Waals surface area (Å²) in [4.78, 5) is 25.1. The fraction of sp³-hybridized carbons (Fsp3) is 0.400. The number of aromatic nitrogens is 1. The van der Waals surface area contributed by atoms with Gasteiger partial charge in [0.15, 0.2) is 0 Å². The lowest BCUT2D eigenvalue weighted by molar-refractivity contribution is -0.384. The van der Waals surface area contributed by atoms with Crippen LogP contribution in [-0.2, 0) is 9.53 Å². The van der Waals surface area contributed by atoms with Crippen molar-refractivity contribution >= 4 is 33.3 Å². The molecule has 8 heteroatoms. The molecule has 0 fully saturated rings. The molecular formula is C10H12BrN3O4. The molecule has 1 aromatic heterocycles. The first-order valence-electron chi connectivity index (χ1n) is 5.07. The number of anilines is 1. The fourth-order valence-electron chi connectivity index (χ4n) is 1.34. The monoisotopic (exact) mass is 317 g/mol. The number of esters is 1. The van der Waals surface area contributed by atoms with Crippen molar-refractivity contribution in [1.82, 2.24) is 4.98 Å². The lowest BCUT2D eigenvalue weighted by Crippen LogP contribution is -2.21. The maximum absolute atomic E-state index is 11.1. The summed E-state index contributed by atoms with van der Waals surface area (Å²) >= 11 is 3.18. The van der Waals surface area contributed by atoms with Crippen LogP contribution in [0.2, 0.25) is 0 Å². The van der Waals surface area contributed by atoms with Crippen LogP contribution in [0.25, 0.3) is 0 Å². The Balaban J connectivity index is 2.89. The van der Waals surface area contributed by atoms with E-state index >= 15 is 0 Å². The molecular weight excluding hydrogens is 306 g/mol. The molecule has 1 atom stereocenters. The van der Waals surface area contributed by atoms with E-state index in [9.17, 15) is 14.9 Å². The quantitative estimate of drug-likeness (QED) is 0.508. The van der Waals surface area contributed by atoms with Crippen molar-refractivity contribution < 1.29 is 14.5 Å². The third-order valence-corrected chi connectivity index (χ3v) is 2.77. The van der Waals surface area contributed by atoms with Gasteiger partial charge in [0.1, 0.15) is 11.9 Å². The molecule has 1 unspecified atom stereocenters. The van der Waals surface area contributed by atoms with Crippen molar-refractivity contribution in [2.75, 3.05) is 12.4 Å². The third-order valence-electron chi connectivity index (χ3n) is 2.17. The molecule has 0 spiro atoms. The third kappa shape index (κ3) is 3.66. The van der Waals surface area contributed by atoms with Gasteiger partial charge in [-0.05, 0) is 22.9 Å². The molecule has 1 rings (SSSR count). The van der Waals surface area contributed by atoms with Crippen LogP contribution >= 0.6 is 15.9 Å². The van der Waals surface area contributed by atoms with Crippen molar-refractivity contribution in [3.05, 3.63) is 27.0 Å². The van der Waals surface area contributed by atoms with Gasteiger partial charge in [-0.1, -0.05) is 0 Å². The molecule has 1 N–H and O–H groups in total. The van der Waals surface area contributed by atoms with Gasteiger partial charge in [-0.2, -0.15) is 0 Å². The van der Waals surface area contributed by atoms with Crippen LogP contribution in [0, 0.1) is 10.1 Å². The van der Waals surface area contributed by atoms with E-state index in [0.717, 1.165) is 6.20 Å². The molecule has 0 bridgehead atoms. The molecule has 0 saturated heterocycles. The summed E-state index contributed by atoms with van der Waals surface area (Å²) in [6, 6.07) is -0.296. The molecule has 0 saturated carbocycles. The van der Waals surface area contributed by atoms with Gasteiger partial charge < -0.3 is 10.1 Å². The lowest BCUT2D eigenvalue weighted by atomic mass is 10.2. The highest BCUT2D eigenvalue weighted by Gasteiger charge is 2.20.